The fourth-order valence-corrected chi connectivity index (χ4v) is 12.5. The first kappa shape index (κ1) is 44.7. The molecule has 3 heterocycles. The first-order chi connectivity index (χ1) is 24.7. The molecule has 304 valence electrons. The van der Waals surface area contributed by atoms with Gasteiger partial charge in [0.05, 0.1) is 12.7 Å². The summed E-state index contributed by atoms with van der Waals surface area (Å²) in [6.07, 6.45) is -2.86. The highest BCUT2D eigenvalue weighted by atomic mass is 28.4. The standard InChI is InChI=1S/C36H62N2O14Si/c1-21(39)38-29-33(49-24(4)42)31(48-23(3)41)26(19-46-22(2)40)51-34(29)45-18-13-12-16-28(43)37-17-14-15-25-30(44-11)32-27(50-25)20-47-53(52-32,35(5,6)7)36(8,9)10/h25-27,29-34H,12-20H2,1-11H3,(H,37,43)(H,38,39)/t25-,26+,27+,29+,30-,31-,32+,33+,34+/m0/s1. The summed E-state index contributed by atoms with van der Waals surface area (Å²) in [6.45, 7) is 18.6. The topological polar surface area (TPSA) is 192 Å². The van der Waals surface area contributed by atoms with Gasteiger partial charge in [-0.05, 0) is 25.7 Å². The molecule has 0 radical (unpaired) electrons. The molecule has 53 heavy (non-hydrogen) atoms. The van der Waals surface area contributed by atoms with Crippen LogP contribution in [0.15, 0.2) is 0 Å². The number of carbonyl (C=O) groups is 5. The molecule has 0 aliphatic carbocycles. The number of methoxy groups -OCH3 is 1. The van der Waals surface area contributed by atoms with Gasteiger partial charge in [-0.15, -0.1) is 0 Å². The number of amides is 2. The molecule has 2 amide bonds. The summed E-state index contributed by atoms with van der Waals surface area (Å²) in [5.41, 5.74) is 0. The summed E-state index contributed by atoms with van der Waals surface area (Å²) < 4.78 is 53.7. The van der Waals surface area contributed by atoms with E-state index < -0.39 is 63.0 Å². The van der Waals surface area contributed by atoms with Gasteiger partial charge in [-0.3, -0.25) is 24.0 Å². The van der Waals surface area contributed by atoms with Crippen molar-refractivity contribution in [2.45, 2.75) is 166 Å². The minimum atomic E-state index is -2.68. The molecule has 3 saturated heterocycles. The summed E-state index contributed by atoms with van der Waals surface area (Å²) in [7, 11) is -0.994. The number of unbranched alkanes of at least 4 members (excludes halogenated alkanes) is 1. The Balaban J connectivity index is 1.48. The maximum atomic E-state index is 12.7. The molecule has 3 aliphatic heterocycles. The summed E-state index contributed by atoms with van der Waals surface area (Å²) in [5.74, 6) is -2.56. The molecule has 16 nitrogen and oxygen atoms in total. The Bertz CT molecular complexity index is 1260. The summed E-state index contributed by atoms with van der Waals surface area (Å²) in [4.78, 5) is 60.3. The number of hydrogen-bond donors (Lipinski definition) is 2. The van der Waals surface area contributed by atoms with E-state index >= 15 is 0 Å². The van der Waals surface area contributed by atoms with E-state index in [2.05, 4.69) is 52.2 Å². The van der Waals surface area contributed by atoms with Crippen molar-refractivity contribution < 1.29 is 66.0 Å². The first-order valence-electron chi connectivity index (χ1n) is 18.5. The van der Waals surface area contributed by atoms with Crippen molar-refractivity contribution in [3.63, 3.8) is 0 Å². The minimum absolute atomic E-state index is 0.109. The van der Waals surface area contributed by atoms with Gasteiger partial charge in [0.2, 0.25) is 11.8 Å². The van der Waals surface area contributed by atoms with Crippen LogP contribution in [0.3, 0.4) is 0 Å². The van der Waals surface area contributed by atoms with Crippen molar-refractivity contribution in [2.75, 3.05) is 33.5 Å². The third-order valence-electron chi connectivity index (χ3n) is 9.55. The van der Waals surface area contributed by atoms with Crippen molar-refractivity contribution >= 4 is 38.3 Å². The molecule has 3 aliphatic rings. The zero-order valence-corrected chi connectivity index (χ0v) is 34.3. The van der Waals surface area contributed by atoms with Crippen LogP contribution in [0.4, 0.5) is 0 Å². The van der Waals surface area contributed by atoms with Crippen molar-refractivity contribution in [1.29, 1.82) is 0 Å². The van der Waals surface area contributed by atoms with E-state index in [4.69, 9.17) is 42.0 Å². The molecular weight excluding hydrogens is 712 g/mol. The molecule has 0 spiro atoms. The Kier molecular flexibility index (Phi) is 16.3. The van der Waals surface area contributed by atoms with Gasteiger partial charge in [0, 0.05) is 64.5 Å². The lowest BCUT2D eigenvalue weighted by atomic mass is 9.96. The molecule has 0 aromatic carbocycles. The third kappa shape index (κ3) is 11.9. The molecule has 0 unspecified atom stereocenters. The molecule has 9 atom stereocenters. The largest absolute Gasteiger partial charge is 0.463 e. The van der Waals surface area contributed by atoms with Crippen LogP contribution in [0.25, 0.3) is 0 Å². The van der Waals surface area contributed by atoms with Crippen molar-refractivity contribution in [2.24, 2.45) is 0 Å². The van der Waals surface area contributed by atoms with Crippen LogP contribution in [0.2, 0.25) is 10.1 Å². The van der Waals surface area contributed by atoms with E-state index in [1.807, 2.05) is 0 Å². The Morgan fingerprint density at radius 2 is 1.43 bits per heavy atom. The predicted octanol–water partition coefficient (Wildman–Crippen LogP) is 2.97. The molecule has 3 fully saturated rings. The zero-order chi connectivity index (χ0) is 39.7. The number of fused-ring (bicyclic) bond motifs is 1. The molecule has 0 aromatic heterocycles. The van der Waals surface area contributed by atoms with Crippen LogP contribution in [-0.2, 0) is 66.0 Å². The van der Waals surface area contributed by atoms with E-state index in [1.54, 1.807) is 7.11 Å². The Hall–Kier alpha value is -2.67. The summed E-state index contributed by atoms with van der Waals surface area (Å²) in [5, 5.41) is 5.33. The third-order valence-corrected chi connectivity index (χ3v) is 14.7. The van der Waals surface area contributed by atoms with Gasteiger partial charge in [-0.1, -0.05) is 41.5 Å². The van der Waals surface area contributed by atoms with Crippen molar-refractivity contribution in [3.8, 4) is 0 Å². The van der Waals surface area contributed by atoms with E-state index in [1.165, 1.54) is 27.7 Å². The van der Waals surface area contributed by atoms with Gasteiger partial charge >= 0.3 is 26.5 Å². The second-order valence-electron chi connectivity index (χ2n) is 16.0. The normalized spacial score (nSPS) is 29.8. The van der Waals surface area contributed by atoms with Crippen LogP contribution >= 0.6 is 0 Å². The fourth-order valence-electron chi connectivity index (χ4n) is 7.57. The molecule has 0 saturated carbocycles. The quantitative estimate of drug-likeness (QED) is 0.101. The Labute approximate surface area is 314 Å². The highest BCUT2D eigenvalue weighted by Crippen LogP contribution is 2.55. The second kappa shape index (κ2) is 19.3. The highest BCUT2D eigenvalue weighted by Gasteiger charge is 2.65. The lowest BCUT2D eigenvalue weighted by Gasteiger charge is -2.53. The Morgan fingerprint density at radius 1 is 0.792 bits per heavy atom. The van der Waals surface area contributed by atoms with Crippen molar-refractivity contribution in [1.82, 2.24) is 10.6 Å². The van der Waals surface area contributed by atoms with Crippen LogP contribution in [-0.4, -0.2) is 127 Å². The van der Waals surface area contributed by atoms with E-state index in [9.17, 15) is 24.0 Å². The predicted molar refractivity (Wildman–Crippen MR) is 192 cm³/mol. The van der Waals surface area contributed by atoms with Gasteiger partial charge in [0.15, 0.2) is 18.5 Å². The molecule has 0 bridgehead atoms. The lowest BCUT2D eigenvalue weighted by Crippen LogP contribution is -2.66. The average Bonchev–Trinajstić information content (AvgIpc) is 3.39. The first-order valence-corrected chi connectivity index (χ1v) is 20.3. The maximum absolute atomic E-state index is 12.7. The van der Waals surface area contributed by atoms with Crippen LogP contribution in [0, 0.1) is 0 Å². The lowest BCUT2D eigenvalue weighted by molar-refractivity contribution is -0.277. The molecule has 0 aromatic rings. The number of nitrogens with one attached hydrogen (secondary N) is 2. The molecule has 2 N–H and O–H groups in total. The SMILES string of the molecule is CO[C@@H]1[C@@H]2O[Si](C(C)(C)C)(C(C)(C)C)OC[C@H]2O[C@H]1CCCNC(=O)CCCCO[C@@H]1O[C@H](COC(C)=O)[C@H](OC(C)=O)[C@H](OC(C)=O)[C@H]1NC(C)=O. The van der Waals surface area contributed by atoms with Gasteiger partial charge in [-0.25, -0.2) is 0 Å². The average molecular weight is 775 g/mol. The number of esters is 3. The zero-order valence-electron chi connectivity index (χ0n) is 33.3. The highest BCUT2D eigenvalue weighted by molar-refractivity contribution is 6.73. The molecular formula is C36H62N2O14Si. The van der Waals surface area contributed by atoms with Crippen LogP contribution in [0.5, 0.6) is 0 Å². The summed E-state index contributed by atoms with van der Waals surface area (Å²) >= 11 is 0. The maximum Gasteiger partial charge on any atom is 0.349 e. The van der Waals surface area contributed by atoms with Crippen LogP contribution < -0.4 is 10.6 Å². The van der Waals surface area contributed by atoms with E-state index in [0.717, 1.165) is 0 Å². The van der Waals surface area contributed by atoms with E-state index in [-0.39, 0.29) is 60.0 Å². The Morgan fingerprint density at radius 3 is 2.00 bits per heavy atom. The van der Waals surface area contributed by atoms with E-state index in [0.29, 0.717) is 38.8 Å². The van der Waals surface area contributed by atoms with Gasteiger partial charge < -0.3 is 52.6 Å². The fraction of sp³-hybridized carbons (Fsp3) is 0.861. The number of carbonyl (C=O) groups excluding carboxylic acids is 5. The number of hydrogen-bond acceptors (Lipinski definition) is 14. The van der Waals surface area contributed by atoms with Gasteiger partial charge in [0.1, 0.15) is 37.1 Å². The van der Waals surface area contributed by atoms with Gasteiger partial charge in [0.25, 0.3) is 0 Å². The van der Waals surface area contributed by atoms with Crippen molar-refractivity contribution in [3.05, 3.63) is 0 Å². The monoisotopic (exact) mass is 774 g/mol. The number of ether oxygens (including phenoxy) is 7. The summed E-state index contributed by atoms with van der Waals surface area (Å²) in [6, 6.07) is -1.05. The second-order valence-corrected chi connectivity index (χ2v) is 20.7. The number of rotatable bonds is 16. The van der Waals surface area contributed by atoms with Gasteiger partial charge in [-0.2, -0.15) is 0 Å². The molecule has 3 rings (SSSR count). The smallest absolute Gasteiger partial charge is 0.349 e. The van der Waals surface area contributed by atoms with Crippen LogP contribution in [0.1, 0.15) is 101 Å². The minimum Gasteiger partial charge on any atom is -0.463 e. The molecule has 17 heteroatoms.